The van der Waals surface area contributed by atoms with Gasteiger partial charge in [0.25, 0.3) is 0 Å². The van der Waals surface area contributed by atoms with Crippen LogP contribution >= 0.6 is 0 Å². The van der Waals surface area contributed by atoms with Crippen molar-refractivity contribution in [1.82, 2.24) is 0 Å². The summed E-state index contributed by atoms with van der Waals surface area (Å²) >= 11 is 0. The lowest BCUT2D eigenvalue weighted by atomic mass is 9.88. The minimum atomic E-state index is -5.13. The van der Waals surface area contributed by atoms with Gasteiger partial charge >= 0.3 is 6.18 Å². The fourth-order valence-corrected chi connectivity index (χ4v) is 1.16. The second kappa shape index (κ2) is 3.05. The van der Waals surface area contributed by atoms with Gasteiger partial charge in [-0.15, -0.1) is 0 Å². The smallest absolute Gasteiger partial charge is 0.321 e. The highest BCUT2D eigenvalue weighted by Crippen LogP contribution is 2.41. The molecule has 2 N–H and O–H groups in total. The molecule has 2 atom stereocenters. The molecule has 1 aliphatic carbocycles. The van der Waals surface area contributed by atoms with Crippen molar-refractivity contribution < 1.29 is 22.0 Å². The average Bonchev–Trinajstić information content (AvgIpc) is 1.99. The first-order chi connectivity index (χ1) is 6.18. The molecule has 6 heteroatoms. The summed E-state index contributed by atoms with van der Waals surface area (Å²) in [7, 11) is 0. The van der Waals surface area contributed by atoms with Gasteiger partial charge in [0.2, 0.25) is 5.67 Å². The van der Waals surface area contributed by atoms with E-state index in [4.69, 9.17) is 5.73 Å². The highest BCUT2D eigenvalue weighted by atomic mass is 19.4. The monoisotopic (exact) mass is 213 g/mol. The normalized spacial score (nSPS) is 33.8. The Kier molecular flexibility index (Phi) is 2.43. The van der Waals surface area contributed by atoms with Gasteiger partial charge in [-0.25, -0.2) is 8.78 Å². The Hall–Kier alpha value is -0.910. The van der Waals surface area contributed by atoms with Crippen LogP contribution in [0.3, 0.4) is 0 Å². The number of nitrogens with two attached hydrogens (primary N) is 1. The van der Waals surface area contributed by atoms with E-state index in [1.807, 2.05) is 0 Å². The molecule has 1 nitrogen and oxygen atoms in total. The van der Waals surface area contributed by atoms with E-state index in [2.05, 4.69) is 0 Å². The van der Waals surface area contributed by atoms with Crippen molar-refractivity contribution in [1.29, 1.82) is 0 Å². The van der Waals surface area contributed by atoms with E-state index in [1.54, 1.807) is 0 Å². The summed E-state index contributed by atoms with van der Waals surface area (Å²) in [6.07, 6.45) is -4.53. The van der Waals surface area contributed by atoms with E-state index >= 15 is 0 Å². The average molecular weight is 213 g/mol. The third-order valence-corrected chi connectivity index (χ3v) is 2.05. The zero-order valence-electron chi connectivity index (χ0n) is 7.20. The lowest BCUT2D eigenvalue weighted by molar-refractivity contribution is -0.215. The van der Waals surface area contributed by atoms with Crippen LogP contribution in [0.5, 0.6) is 0 Å². The summed E-state index contributed by atoms with van der Waals surface area (Å²) in [5.74, 6) is -0.921. The predicted molar refractivity (Wildman–Crippen MR) is 40.8 cm³/mol. The fraction of sp³-hybridized carbons (Fsp3) is 0.500. The van der Waals surface area contributed by atoms with E-state index < -0.39 is 29.3 Å². The Morgan fingerprint density at radius 1 is 1.43 bits per heavy atom. The molecule has 0 amide bonds. The molecule has 1 rings (SSSR count). The second-order valence-electron chi connectivity index (χ2n) is 3.13. The van der Waals surface area contributed by atoms with Gasteiger partial charge in [0.15, 0.2) is 0 Å². The van der Waals surface area contributed by atoms with Crippen LogP contribution in [0.1, 0.15) is 6.92 Å². The zero-order chi connectivity index (χ0) is 11.1. The quantitative estimate of drug-likeness (QED) is 0.614. The lowest BCUT2D eigenvalue weighted by Crippen LogP contribution is -2.54. The first-order valence-corrected chi connectivity index (χ1v) is 3.77. The van der Waals surface area contributed by atoms with Crippen LogP contribution in [0.2, 0.25) is 0 Å². The molecule has 0 saturated heterocycles. The maximum Gasteiger partial charge on any atom is 0.428 e. The van der Waals surface area contributed by atoms with E-state index in [1.165, 1.54) is 0 Å². The number of halogens is 5. The van der Waals surface area contributed by atoms with Crippen LogP contribution in [-0.4, -0.2) is 17.9 Å². The molecule has 0 radical (unpaired) electrons. The maximum absolute atomic E-state index is 13.4. The zero-order valence-corrected chi connectivity index (χ0v) is 7.20. The SMILES string of the molecule is CC1=CC(F)(C(F)(F)F)C(N)C=C1F. The van der Waals surface area contributed by atoms with Crippen LogP contribution in [0.25, 0.3) is 0 Å². The minimum Gasteiger partial charge on any atom is -0.321 e. The highest BCUT2D eigenvalue weighted by Gasteiger charge is 2.59. The van der Waals surface area contributed by atoms with E-state index in [0.29, 0.717) is 6.08 Å². The molecule has 0 fully saturated rings. The third kappa shape index (κ3) is 1.54. The molecule has 0 saturated carbocycles. The standard InChI is InChI=1S/C8H8F5N/c1-4-3-7(10,8(11,12)13)6(14)2-5(4)9/h2-3,6H,14H2,1H3. The van der Waals surface area contributed by atoms with Gasteiger partial charge in [-0.3, -0.25) is 0 Å². The molecule has 2 unspecified atom stereocenters. The summed E-state index contributed by atoms with van der Waals surface area (Å²) in [5.41, 5.74) is 0.825. The van der Waals surface area contributed by atoms with Crippen molar-refractivity contribution in [3.8, 4) is 0 Å². The molecule has 1 aliphatic rings. The van der Waals surface area contributed by atoms with Crippen LogP contribution in [-0.2, 0) is 0 Å². The first kappa shape index (κ1) is 11.2. The third-order valence-electron chi connectivity index (χ3n) is 2.05. The molecule has 0 aliphatic heterocycles. The number of rotatable bonds is 0. The van der Waals surface area contributed by atoms with E-state index in [0.717, 1.165) is 6.92 Å². The molecule has 14 heavy (non-hydrogen) atoms. The Balaban J connectivity index is 3.16. The highest BCUT2D eigenvalue weighted by molar-refractivity contribution is 5.36. The number of hydrogen-bond acceptors (Lipinski definition) is 1. The summed E-state index contributed by atoms with van der Waals surface area (Å²) < 4.78 is 62.8. The van der Waals surface area contributed by atoms with Crippen molar-refractivity contribution in [2.24, 2.45) is 5.73 Å². The van der Waals surface area contributed by atoms with Crippen LogP contribution in [0.15, 0.2) is 23.6 Å². The Labute approximate surface area is 77.1 Å². The Morgan fingerprint density at radius 3 is 2.36 bits per heavy atom. The van der Waals surface area contributed by atoms with Gasteiger partial charge in [0.1, 0.15) is 5.83 Å². The summed E-state index contributed by atoms with van der Waals surface area (Å²) in [5, 5.41) is 0. The molecule has 0 heterocycles. The number of hydrogen-bond donors (Lipinski definition) is 1. The second-order valence-corrected chi connectivity index (χ2v) is 3.13. The van der Waals surface area contributed by atoms with Crippen molar-refractivity contribution >= 4 is 0 Å². The molecular weight excluding hydrogens is 205 g/mol. The Bertz CT molecular complexity index is 303. The van der Waals surface area contributed by atoms with Gasteiger partial charge in [0, 0.05) is 0 Å². The van der Waals surface area contributed by atoms with Crippen LogP contribution < -0.4 is 5.73 Å². The molecular formula is C8H8F5N. The molecule has 0 spiro atoms. The van der Waals surface area contributed by atoms with Crippen molar-refractivity contribution in [2.75, 3.05) is 0 Å². The lowest BCUT2D eigenvalue weighted by Gasteiger charge is -2.31. The number of alkyl halides is 4. The molecule has 0 bridgehead atoms. The van der Waals surface area contributed by atoms with Gasteiger partial charge in [0.05, 0.1) is 6.04 Å². The van der Waals surface area contributed by atoms with Crippen molar-refractivity contribution in [2.45, 2.75) is 24.8 Å². The van der Waals surface area contributed by atoms with E-state index in [9.17, 15) is 22.0 Å². The summed E-state index contributed by atoms with van der Waals surface area (Å²) in [6, 6.07) is -2.04. The minimum absolute atomic E-state index is 0.174. The molecule has 80 valence electrons. The van der Waals surface area contributed by atoms with Gasteiger partial charge < -0.3 is 5.73 Å². The Morgan fingerprint density at radius 2 is 1.93 bits per heavy atom. The maximum atomic E-state index is 13.4. The summed E-state index contributed by atoms with van der Waals surface area (Å²) in [6.45, 7) is 1.05. The molecule has 0 aromatic carbocycles. The predicted octanol–water partition coefficient (Wildman–Crippen LogP) is 2.40. The number of allylic oxidation sites excluding steroid dienone is 2. The van der Waals surface area contributed by atoms with Gasteiger partial charge in [-0.1, -0.05) is 0 Å². The van der Waals surface area contributed by atoms with Crippen LogP contribution in [0, 0.1) is 0 Å². The van der Waals surface area contributed by atoms with Crippen molar-refractivity contribution in [3.63, 3.8) is 0 Å². The summed E-state index contributed by atoms with van der Waals surface area (Å²) in [4.78, 5) is 0. The van der Waals surface area contributed by atoms with Gasteiger partial charge in [-0.05, 0) is 24.6 Å². The van der Waals surface area contributed by atoms with Crippen LogP contribution in [0.4, 0.5) is 22.0 Å². The van der Waals surface area contributed by atoms with Crippen molar-refractivity contribution in [3.05, 3.63) is 23.6 Å². The largest absolute Gasteiger partial charge is 0.428 e. The van der Waals surface area contributed by atoms with E-state index in [-0.39, 0.29) is 6.08 Å². The fourth-order valence-electron chi connectivity index (χ4n) is 1.16. The molecule has 0 aromatic rings. The molecule has 0 aromatic heterocycles. The topological polar surface area (TPSA) is 26.0 Å². The van der Waals surface area contributed by atoms with Gasteiger partial charge in [-0.2, -0.15) is 13.2 Å². The first-order valence-electron chi connectivity index (χ1n) is 3.77.